The fourth-order valence-corrected chi connectivity index (χ4v) is 5.21. The van der Waals surface area contributed by atoms with Crippen molar-refractivity contribution >= 4 is 17.4 Å². The van der Waals surface area contributed by atoms with Crippen molar-refractivity contribution in [2.24, 2.45) is 0 Å². The van der Waals surface area contributed by atoms with Crippen molar-refractivity contribution in [1.82, 2.24) is 20.2 Å². The number of benzene rings is 2. The minimum Gasteiger partial charge on any atom is -0.464 e. The number of esters is 1. The van der Waals surface area contributed by atoms with Gasteiger partial charge < -0.3 is 15.0 Å². The predicted molar refractivity (Wildman–Crippen MR) is 162 cm³/mol. The molecule has 3 heterocycles. The van der Waals surface area contributed by atoms with Crippen LogP contribution in [0.15, 0.2) is 85.3 Å². The first-order valence-corrected chi connectivity index (χ1v) is 14.3. The Morgan fingerprint density at radius 1 is 1.05 bits per heavy atom. The summed E-state index contributed by atoms with van der Waals surface area (Å²) in [4.78, 5) is 34.3. The van der Waals surface area contributed by atoms with Crippen LogP contribution in [-0.2, 0) is 16.0 Å². The van der Waals surface area contributed by atoms with Gasteiger partial charge in [-0.1, -0.05) is 18.2 Å². The van der Waals surface area contributed by atoms with Crippen LogP contribution in [0.1, 0.15) is 41.8 Å². The molecule has 1 amide bonds. The Hall–Kier alpha value is -4.56. The van der Waals surface area contributed by atoms with Crippen molar-refractivity contribution in [3.8, 4) is 22.4 Å². The average Bonchev–Trinajstić information content (AvgIpc) is 3.46. The van der Waals surface area contributed by atoms with E-state index in [9.17, 15) is 14.0 Å². The summed E-state index contributed by atoms with van der Waals surface area (Å²) in [6, 6.07) is 17.4. The number of aromatic nitrogens is 2. The molecule has 2 aromatic carbocycles. The third-order valence-corrected chi connectivity index (χ3v) is 7.54. The van der Waals surface area contributed by atoms with Crippen molar-refractivity contribution in [2.75, 3.05) is 26.2 Å². The van der Waals surface area contributed by atoms with Gasteiger partial charge in [-0.25, -0.2) is 9.18 Å². The van der Waals surface area contributed by atoms with Crippen molar-refractivity contribution in [3.05, 3.63) is 108 Å². The summed E-state index contributed by atoms with van der Waals surface area (Å²) in [5, 5.41) is 2.68. The maximum absolute atomic E-state index is 13.6. The van der Waals surface area contributed by atoms with Gasteiger partial charge in [0, 0.05) is 54.9 Å². The molecule has 2 aromatic heterocycles. The molecule has 2 N–H and O–H groups in total. The minimum atomic E-state index is -0.698. The molecule has 4 aromatic rings. The fourth-order valence-electron chi connectivity index (χ4n) is 5.21. The summed E-state index contributed by atoms with van der Waals surface area (Å²) >= 11 is 0. The highest BCUT2D eigenvalue weighted by Crippen LogP contribution is 2.39. The highest BCUT2D eigenvalue weighted by Gasteiger charge is 2.21. The molecule has 216 valence electrons. The molecule has 8 heteroatoms. The minimum absolute atomic E-state index is 0.256. The molecule has 5 rings (SSSR count). The van der Waals surface area contributed by atoms with Crippen LogP contribution in [0.3, 0.4) is 0 Å². The molecule has 0 saturated carbocycles. The number of nitrogens with one attached hydrogen (secondary N) is 2. The molecule has 0 unspecified atom stereocenters. The van der Waals surface area contributed by atoms with E-state index < -0.39 is 12.0 Å². The van der Waals surface area contributed by atoms with Crippen molar-refractivity contribution < 1.29 is 18.7 Å². The van der Waals surface area contributed by atoms with E-state index in [1.807, 2.05) is 24.3 Å². The quantitative estimate of drug-likeness (QED) is 0.234. The highest BCUT2D eigenvalue weighted by molar-refractivity contribution is 5.96. The molecule has 0 aliphatic carbocycles. The summed E-state index contributed by atoms with van der Waals surface area (Å²) in [6.07, 6.45) is 9.72. The van der Waals surface area contributed by atoms with Gasteiger partial charge in [0.1, 0.15) is 11.9 Å². The molecule has 1 aliphatic rings. The Bertz CT molecular complexity index is 1550. The number of hydrogen-bond acceptors (Lipinski definition) is 5. The fraction of sp³-hybridized carbons (Fsp3) is 0.265. The van der Waals surface area contributed by atoms with Crippen molar-refractivity contribution in [1.29, 1.82) is 0 Å². The van der Waals surface area contributed by atoms with Gasteiger partial charge in [0.25, 0.3) is 5.91 Å². The van der Waals surface area contributed by atoms with Crippen LogP contribution in [0.2, 0.25) is 0 Å². The van der Waals surface area contributed by atoms with Crippen LogP contribution in [0.5, 0.6) is 0 Å². The number of rotatable bonds is 10. The van der Waals surface area contributed by atoms with Crippen LogP contribution < -0.4 is 5.32 Å². The molecular weight excluding hydrogens is 531 g/mol. The van der Waals surface area contributed by atoms with Crippen LogP contribution in [-0.4, -0.2) is 59.0 Å². The molecule has 0 fully saturated rings. The average molecular weight is 567 g/mol. The van der Waals surface area contributed by atoms with Crippen LogP contribution in [0.25, 0.3) is 28.0 Å². The second-order valence-corrected chi connectivity index (χ2v) is 10.4. The van der Waals surface area contributed by atoms with Gasteiger partial charge >= 0.3 is 5.97 Å². The molecule has 0 saturated heterocycles. The molecule has 7 nitrogen and oxygen atoms in total. The van der Waals surface area contributed by atoms with Crippen molar-refractivity contribution in [3.63, 3.8) is 0 Å². The summed E-state index contributed by atoms with van der Waals surface area (Å²) in [6.45, 7) is 6.31. The van der Waals surface area contributed by atoms with Gasteiger partial charge in [0.2, 0.25) is 0 Å². The van der Waals surface area contributed by atoms with Crippen LogP contribution >= 0.6 is 0 Å². The van der Waals surface area contributed by atoms with Crippen LogP contribution in [0, 0.1) is 5.82 Å². The van der Waals surface area contributed by atoms with E-state index in [0.29, 0.717) is 5.56 Å². The monoisotopic (exact) mass is 566 g/mol. The molecule has 0 radical (unpaired) electrons. The number of nitrogens with zero attached hydrogens (tertiary/aromatic N) is 2. The third kappa shape index (κ3) is 6.83. The lowest BCUT2D eigenvalue weighted by Gasteiger charge is -2.26. The van der Waals surface area contributed by atoms with Crippen molar-refractivity contribution in [2.45, 2.75) is 32.7 Å². The smallest absolute Gasteiger partial charge is 0.328 e. The summed E-state index contributed by atoms with van der Waals surface area (Å²) in [5.41, 5.74) is 8.17. The lowest BCUT2D eigenvalue weighted by atomic mass is 9.92. The number of ether oxygens (including phenoxy) is 1. The number of H-pyrrole nitrogens is 1. The number of hydrogen-bond donors (Lipinski definition) is 2. The largest absolute Gasteiger partial charge is 0.464 e. The maximum atomic E-state index is 13.6. The van der Waals surface area contributed by atoms with Gasteiger partial charge in [0.05, 0.1) is 12.3 Å². The van der Waals surface area contributed by atoms with Crippen LogP contribution in [0.4, 0.5) is 4.39 Å². The van der Waals surface area contributed by atoms with Gasteiger partial charge in [0.15, 0.2) is 0 Å². The third-order valence-electron chi connectivity index (χ3n) is 7.54. The Labute approximate surface area is 245 Å². The Morgan fingerprint density at radius 3 is 2.45 bits per heavy atom. The number of carbonyl (C=O) groups is 2. The second kappa shape index (κ2) is 13.4. The Balaban J connectivity index is 1.22. The molecule has 1 atom stereocenters. The van der Waals surface area contributed by atoms with E-state index in [4.69, 9.17) is 4.74 Å². The SMILES string of the molecule is CCOC(=O)[C@H](C)NC(=O)c1ccc(CCN2CC=C(c3c[nH]c(-c4ccc(F)cc4)c3-c3ccncc3)CC2)cc1. The maximum Gasteiger partial charge on any atom is 0.328 e. The topological polar surface area (TPSA) is 87.3 Å². The zero-order valence-electron chi connectivity index (χ0n) is 23.9. The molecular formula is C34H35FN4O3. The summed E-state index contributed by atoms with van der Waals surface area (Å²) in [5.74, 6) is -0.998. The van der Waals surface area contributed by atoms with E-state index in [1.165, 1.54) is 17.7 Å². The standard InChI is InChI=1S/C34H35FN4O3/c1-3-42-34(41)23(2)38-33(40)28-6-4-24(5-7-28)14-19-39-20-15-25(16-21-39)30-22-37-32(27-8-10-29(35)11-9-27)31(30)26-12-17-36-18-13-26/h4-13,15,17-18,22-23,37H,3,14,16,19-21H2,1-2H3,(H,38,40)/t23-/m0/s1. The lowest BCUT2D eigenvalue weighted by Crippen LogP contribution is -2.39. The lowest BCUT2D eigenvalue weighted by molar-refractivity contribution is -0.144. The number of halogens is 1. The van der Waals surface area contributed by atoms with Gasteiger partial charge in [-0.2, -0.15) is 0 Å². The zero-order chi connectivity index (χ0) is 29.5. The summed E-state index contributed by atoms with van der Waals surface area (Å²) in [7, 11) is 0. The highest BCUT2D eigenvalue weighted by atomic mass is 19.1. The molecule has 0 bridgehead atoms. The number of pyridine rings is 1. The van der Waals surface area contributed by atoms with E-state index in [2.05, 4.69) is 32.5 Å². The van der Waals surface area contributed by atoms with Gasteiger partial charge in [-0.3, -0.25) is 14.7 Å². The van der Waals surface area contributed by atoms with E-state index >= 15 is 0 Å². The Morgan fingerprint density at radius 2 is 1.79 bits per heavy atom. The molecule has 1 aliphatic heterocycles. The van der Waals surface area contributed by atoms with E-state index in [0.717, 1.165) is 66.0 Å². The van der Waals surface area contributed by atoms with E-state index in [1.54, 1.807) is 50.5 Å². The number of amides is 1. The van der Waals surface area contributed by atoms with Gasteiger partial charge in [-0.05, 0) is 97.5 Å². The number of aromatic amines is 1. The summed E-state index contributed by atoms with van der Waals surface area (Å²) < 4.78 is 18.6. The Kier molecular flexibility index (Phi) is 9.24. The normalized spacial score (nSPS) is 14.2. The second-order valence-electron chi connectivity index (χ2n) is 10.4. The first-order chi connectivity index (χ1) is 20.4. The number of carbonyl (C=O) groups excluding carboxylic acids is 2. The molecule has 0 spiro atoms. The van der Waals surface area contributed by atoms with E-state index in [-0.39, 0.29) is 18.3 Å². The zero-order valence-corrected chi connectivity index (χ0v) is 23.9. The predicted octanol–water partition coefficient (Wildman–Crippen LogP) is 5.90. The first-order valence-electron chi connectivity index (χ1n) is 14.3. The molecule has 42 heavy (non-hydrogen) atoms. The van der Waals surface area contributed by atoms with Gasteiger partial charge in [-0.15, -0.1) is 0 Å². The first kappa shape index (κ1) is 29.0.